The molecular weight excluding hydrogens is 454 g/mol. The summed E-state index contributed by atoms with van der Waals surface area (Å²) >= 11 is 0. The van der Waals surface area contributed by atoms with E-state index >= 15 is 0 Å². The predicted octanol–water partition coefficient (Wildman–Crippen LogP) is 2.86. The highest BCUT2D eigenvalue weighted by Crippen LogP contribution is 2.24. The standard InChI is InChI=1S/C27H33N7O2/c1-17(2)11-13-33-23-24(30-26(33)32-12-7-9-20(28)15-32)31(4)27(36)34(25(23)35)16-22-21-10-6-5-8-19(21)14-18(3)29-22/h5-6,8,10-11,13-14,17,20H,7,9,12,15-16,28H2,1-4H3/t20-/m1/s1. The number of nitrogens with two attached hydrogens (primary N) is 1. The van der Waals surface area contributed by atoms with Gasteiger partial charge in [-0.1, -0.05) is 44.2 Å². The van der Waals surface area contributed by atoms with E-state index in [4.69, 9.17) is 15.7 Å². The van der Waals surface area contributed by atoms with Crippen molar-refractivity contribution in [3.05, 3.63) is 68.6 Å². The molecule has 0 unspecified atom stereocenters. The molecule has 0 saturated carbocycles. The van der Waals surface area contributed by atoms with Crippen LogP contribution in [0.25, 0.3) is 28.1 Å². The molecule has 1 atom stereocenters. The molecule has 1 saturated heterocycles. The Labute approximate surface area is 209 Å². The molecule has 2 N–H and O–H groups in total. The van der Waals surface area contributed by atoms with Crippen LogP contribution < -0.4 is 21.9 Å². The fourth-order valence-corrected chi connectivity index (χ4v) is 4.97. The fraction of sp³-hybridized carbons (Fsp3) is 0.407. The van der Waals surface area contributed by atoms with E-state index < -0.39 is 5.69 Å². The van der Waals surface area contributed by atoms with Gasteiger partial charge in [0, 0.05) is 43.5 Å². The number of hydrogen-bond donors (Lipinski definition) is 1. The minimum Gasteiger partial charge on any atom is -0.340 e. The number of benzene rings is 1. The number of allylic oxidation sites excluding steroid dienone is 1. The van der Waals surface area contributed by atoms with E-state index in [1.54, 1.807) is 7.05 Å². The van der Waals surface area contributed by atoms with Crippen LogP contribution in [0.2, 0.25) is 0 Å². The smallest absolute Gasteiger partial charge is 0.332 e. The Morgan fingerprint density at radius 2 is 1.97 bits per heavy atom. The van der Waals surface area contributed by atoms with Crippen molar-refractivity contribution in [2.75, 3.05) is 18.0 Å². The number of aryl methyl sites for hydroxylation is 2. The molecule has 3 aromatic heterocycles. The Morgan fingerprint density at radius 1 is 1.19 bits per heavy atom. The van der Waals surface area contributed by atoms with Gasteiger partial charge in [0.2, 0.25) is 5.95 Å². The molecule has 0 radical (unpaired) electrons. The second-order valence-corrected chi connectivity index (χ2v) is 10.1. The van der Waals surface area contributed by atoms with Crippen LogP contribution in [0.3, 0.4) is 0 Å². The third kappa shape index (κ3) is 4.24. The molecule has 0 spiro atoms. The number of anilines is 1. The molecule has 1 aliphatic rings. The fourth-order valence-electron chi connectivity index (χ4n) is 4.97. The minimum atomic E-state index is -0.417. The topological polar surface area (TPSA) is 104 Å². The SMILES string of the molecule is Cc1cc2ccccc2c(Cn2c(=O)c3c(nc(N4CCC[C@@H](N)C4)n3C=CC(C)C)n(C)c2=O)n1. The Kier molecular flexibility index (Phi) is 6.26. The maximum Gasteiger partial charge on any atom is 0.332 e. The van der Waals surface area contributed by atoms with Crippen LogP contribution in [0.4, 0.5) is 5.95 Å². The third-order valence-corrected chi connectivity index (χ3v) is 6.77. The number of piperidine rings is 1. The van der Waals surface area contributed by atoms with Gasteiger partial charge in [0.25, 0.3) is 5.56 Å². The molecule has 1 fully saturated rings. The third-order valence-electron chi connectivity index (χ3n) is 6.77. The molecular formula is C27H33N7O2. The summed E-state index contributed by atoms with van der Waals surface area (Å²) in [7, 11) is 1.66. The van der Waals surface area contributed by atoms with E-state index in [1.165, 1.54) is 9.13 Å². The number of imidazole rings is 1. The molecule has 4 aromatic rings. The number of hydrogen-bond acceptors (Lipinski definition) is 6. The van der Waals surface area contributed by atoms with E-state index in [-0.39, 0.29) is 24.1 Å². The van der Waals surface area contributed by atoms with E-state index in [0.29, 0.717) is 29.4 Å². The second kappa shape index (κ2) is 9.39. The van der Waals surface area contributed by atoms with Crippen molar-refractivity contribution in [2.24, 2.45) is 18.7 Å². The molecule has 4 heterocycles. The van der Waals surface area contributed by atoms with Crippen LogP contribution in [0.1, 0.15) is 38.1 Å². The molecule has 188 valence electrons. The van der Waals surface area contributed by atoms with Gasteiger partial charge in [0.1, 0.15) is 0 Å². The maximum absolute atomic E-state index is 13.9. The molecule has 9 heteroatoms. The Hall–Kier alpha value is -3.72. The summed E-state index contributed by atoms with van der Waals surface area (Å²) in [5.41, 5.74) is 7.73. The molecule has 0 aliphatic carbocycles. The zero-order valence-corrected chi connectivity index (χ0v) is 21.3. The number of nitrogens with zero attached hydrogens (tertiary/aromatic N) is 6. The Balaban J connectivity index is 1.74. The summed E-state index contributed by atoms with van der Waals surface area (Å²) < 4.78 is 4.55. The largest absolute Gasteiger partial charge is 0.340 e. The lowest BCUT2D eigenvalue weighted by molar-refractivity contribution is 0.499. The lowest BCUT2D eigenvalue weighted by Crippen LogP contribution is -2.43. The molecule has 36 heavy (non-hydrogen) atoms. The lowest BCUT2D eigenvalue weighted by atomic mass is 10.1. The first-order valence-corrected chi connectivity index (χ1v) is 12.5. The van der Waals surface area contributed by atoms with Crippen LogP contribution in [0.15, 0.2) is 46.0 Å². The number of rotatable bonds is 5. The summed E-state index contributed by atoms with van der Waals surface area (Å²) in [6.45, 7) is 7.60. The van der Waals surface area contributed by atoms with Crippen LogP contribution in [0, 0.1) is 12.8 Å². The van der Waals surface area contributed by atoms with Gasteiger partial charge in [-0.2, -0.15) is 4.98 Å². The van der Waals surface area contributed by atoms with Crippen LogP contribution in [-0.2, 0) is 13.6 Å². The molecule has 1 aromatic carbocycles. The first-order valence-electron chi connectivity index (χ1n) is 12.5. The molecule has 9 nitrogen and oxygen atoms in total. The van der Waals surface area contributed by atoms with Gasteiger partial charge < -0.3 is 10.6 Å². The quantitative estimate of drug-likeness (QED) is 0.464. The van der Waals surface area contributed by atoms with Crippen molar-refractivity contribution in [1.82, 2.24) is 23.7 Å². The van der Waals surface area contributed by atoms with Crippen molar-refractivity contribution in [2.45, 2.75) is 46.2 Å². The van der Waals surface area contributed by atoms with Gasteiger partial charge in [-0.3, -0.25) is 23.5 Å². The summed E-state index contributed by atoms with van der Waals surface area (Å²) in [5, 5.41) is 1.95. The van der Waals surface area contributed by atoms with Crippen LogP contribution in [0.5, 0.6) is 0 Å². The van der Waals surface area contributed by atoms with Gasteiger partial charge in [-0.15, -0.1) is 0 Å². The van der Waals surface area contributed by atoms with Gasteiger partial charge in [0.15, 0.2) is 11.2 Å². The molecule has 0 amide bonds. The van der Waals surface area contributed by atoms with Gasteiger partial charge >= 0.3 is 5.69 Å². The average molecular weight is 488 g/mol. The van der Waals surface area contributed by atoms with Crippen LogP contribution >= 0.6 is 0 Å². The second-order valence-electron chi connectivity index (χ2n) is 10.1. The summed E-state index contributed by atoms with van der Waals surface area (Å²) in [6.07, 6.45) is 5.83. The van der Waals surface area contributed by atoms with E-state index in [0.717, 1.165) is 35.9 Å². The molecule has 0 bridgehead atoms. The highest BCUT2D eigenvalue weighted by molar-refractivity contribution is 5.85. The average Bonchev–Trinajstić information content (AvgIpc) is 3.23. The predicted molar refractivity (Wildman–Crippen MR) is 144 cm³/mol. The first kappa shape index (κ1) is 24.0. The van der Waals surface area contributed by atoms with Crippen molar-refractivity contribution < 1.29 is 0 Å². The van der Waals surface area contributed by atoms with Crippen LogP contribution in [-0.4, -0.2) is 42.8 Å². The number of aromatic nitrogens is 5. The lowest BCUT2D eigenvalue weighted by Gasteiger charge is -2.31. The normalized spacial score (nSPS) is 16.7. The monoisotopic (exact) mass is 487 g/mol. The van der Waals surface area contributed by atoms with E-state index in [9.17, 15) is 9.59 Å². The molecule has 1 aliphatic heterocycles. The summed E-state index contributed by atoms with van der Waals surface area (Å²) in [6, 6.07) is 9.94. The molecule has 5 rings (SSSR count). The number of pyridine rings is 1. The zero-order chi connectivity index (χ0) is 25.6. The summed E-state index contributed by atoms with van der Waals surface area (Å²) in [4.78, 5) is 39.0. The van der Waals surface area contributed by atoms with Gasteiger partial charge in [-0.25, -0.2) is 4.79 Å². The Bertz CT molecular complexity index is 1590. The van der Waals surface area contributed by atoms with Crippen molar-refractivity contribution in [3.63, 3.8) is 0 Å². The van der Waals surface area contributed by atoms with Crippen molar-refractivity contribution in [3.8, 4) is 0 Å². The Morgan fingerprint density at radius 3 is 2.72 bits per heavy atom. The van der Waals surface area contributed by atoms with Gasteiger partial charge in [0.05, 0.1) is 12.2 Å². The first-order chi connectivity index (χ1) is 17.2. The minimum absolute atomic E-state index is 0.0437. The van der Waals surface area contributed by atoms with E-state index in [2.05, 4.69) is 18.7 Å². The van der Waals surface area contributed by atoms with Gasteiger partial charge in [-0.05, 0) is 37.1 Å². The number of fused-ring (bicyclic) bond motifs is 2. The van der Waals surface area contributed by atoms with Crippen molar-refractivity contribution in [1.29, 1.82) is 0 Å². The van der Waals surface area contributed by atoms with Crippen molar-refractivity contribution >= 4 is 34.1 Å². The maximum atomic E-state index is 13.9. The zero-order valence-electron chi connectivity index (χ0n) is 21.3. The highest BCUT2D eigenvalue weighted by atomic mass is 16.2. The summed E-state index contributed by atoms with van der Waals surface area (Å²) in [5.74, 6) is 0.914. The highest BCUT2D eigenvalue weighted by Gasteiger charge is 2.26. The van der Waals surface area contributed by atoms with E-state index in [1.807, 2.05) is 54.1 Å².